The number of ether oxygens (including phenoxy) is 1. The van der Waals surface area contributed by atoms with Crippen molar-refractivity contribution in [3.05, 3.63) is 12.7 Å². The summed E-state index contributed by atoms with van der Waals surface area (Å²) in [6, 6.07) is 0. The molecule has 0 saturated heterocycles. The molecule has 0 radical (unpaired) electrons. The van der Waals surface area contributed by atoms with Gasteiger partial charge in [-0.05, 0) is 12.8 Å². The van der Waals surface area contributed by atoms with Crippen LogP contribution in [0.1, 0.15) is 12.8 Å². The highest BCUT2D eigenvalue weighted by Gasteiger charge is 2.03. The third kappa shape index (κ3) is 9.19. The Bertz CT molecular complexity index is 219. The zero-order valence-electron chi connectivity index (χ0n) is 7.18. The van der Waals surface area contributed by atoms with Gasteiger partial charge in [0.25, 0.3) is 0 Å². The minimum atomic E-state index is -3.90. The number of carbonyl (C=O) groups is 1. The normalized spacial score (nSPS) is 12.2. The summed E-state index contributed by atoms with van der Waals surface area (Å²) in [4.78, 5) is 10.5. The van der Waals surface area contributed by atoms with Gasteiger partial charge in [-0.3, -0.25) is 0 Å². The minimum Gasteiger partial charge on any atom is -0.463 e. The lowest BCUT2D eigenvalue weighted by Crippen LogP contribution is -2.14. The molecule has 0 heterocycles. The molecule has 0 unspecified atom stereocenters. The van der Waals surface area contributed by atoms with Crippen molar-refractivity contribution in [1.29, 1.82) is 0 Å². The van der Waals surface area contributed by atoms with Crippen molar-refractivity contribution in [2.24, 2.45) is 0 Å². The molecule has 0 spiro atoms. The van der Waals surface area contributed by atoms with Crippen LogP contribution in [-0.2, 0) is 20.0 Å². The van der Waals surface area contributed by atoms with E-state index in [1.807, 2.05) is 0 Å². The summed E-state index contributed by atoms with van der Waals surface area (Å²) < 4.78 is 31.9. The molecular weight excluding hydrogens is 196 g/mol. The summed E-state index contributed by atoms with van der Waals surface area (Å²) in [5.41, 5.74) is 0. The van der Waals surface area contributed by atoms with Crippen LogP contribution in [0.15, 0.2) is 12.7 Å². The Hall–Kier alpha value is -0.720. The van der Waals surface area contributed by atoms with Crippen LogP contribution in [0.3, 0.4) is 0 Å². The molecular formula is C7H14O5S. The summed E-state index contributed by atoms with van der Waals surface area (Å²) in [5.74, 6) is -0.685. The Balaban J connectivity index is 3.32. The second-order valence-corrected chi connectivity index (χ2v) is 4.24. The van der Waals surface area contributed by atoms with Crippen molar-refractivity contribution >= 4 is 16.5 Å². The monoisotopic (exact) mass is 210 g/mol. The maximum atomic E-state index is 10.5. The highest BCUT2D eigenvalue weighted by molar-refractivity contribution is 7.92. The van der Waals surface area contributed by atoms with Gasteiger partial charge in [-0.2, -0.15) is 0 Å². The van der Waals surface area contributed by atoms with Gasteiger partial charge < -0.3 is 13.8 Å². The van der Waals surface area contributed by atoms with Crippen LogP contribution >= 0.6 is 0 Å². The van der Waals surface area contributed by atoms with E-state index in [1.165, 1.54) is 0 Å². The van der Waals surface area contributed by atoms with Gasteiger partial charge >= 0.3 is 5.97 Å². The number of thiol groups is 1. The Morgan fingerprint density at radius 2 is 2.08 bits per heavy atom. The van der Waals surface area contributed by atoms with E-state index in [2.05, 4.69) is 11.3 Å². The number of carbonyl (C=O) groups excluding carboxylic acids is 1. The maximum Gasteiger partial charge on any atom is 0.330 e. The van der Waals surface area contributed by atoms with Crippen LogP contribution in [-0.4, -0.2) is 31.6 Å². The number of rotatable bonds is 6. The molecule has 78 valence electrons. The topological polar surface area (TPSA) is 83.8 Å². The summed E-state index contributed by atoms with van der Waals surface area (Å²) in [5, 5.41) is 0. The molecule has 0 rings (SSSR count). The number of esters is 1. The average molecular weight is 210 g/mol. The quantitative estimate of drug-likeness (QED) is 0.257. The lowest BCUT2D eigenvalue weighted by atomic mass is 10.4. The molecule has 0 bridgehead atoms. The van der Waals surface area contributed by atoms with E-state index in [0.29, 0.717) is 12.8 Å². The van der Waals surface area contributed by atoms with Crippen molar-refractivity contribution in [2.45, 2.75) is 12.8 Å². The van der Waals surface area contributed by atoms with Crippen molar-refractivity contribution in [3.8, 4) is 0 Å². The standard InChI is InChI=1S/C7H14O5S/c1-2-7(8)12-5-3-4-6-13(9,10)11/h2,13H,1,3-6H2,(H2,9,10,11). The molecule has 0 aromatic carbocycles. The van der Waals surface area contributed by atoms with E-state index >= 15 is 0 Å². The third-order valence-electron chi connectivity index (χ3n) is 1.25. The fourth-order valence-corrected chi connectivity index (χ4v) is 1.29. The van der Waals surface area contributed by atoms with Gasteiger partial charge in [0, 0.05) is 11.8 Å². The molecule has 2 N–H and O–H groups in total. The van der Waals surface area contributed by atoms with Gasteiger partial charge in [0.15, 0.2) is 0 Å². The maximum absolute atomic E-state index is 10.5. The van der Waals surface area contributed by atoms with Crippen molar-refractivity contribution < 1.29 is 22.8 Å². The molecule has 0 fully saturated rings. The van der Waals surface area contributed by atoms with Gasteiger partial charge in [-0.15, -0.1) is 0 Å². The zero-order chi connectivity index (χ0) is 10.3. The van der Waals surface area contributed by atoms with Crippen LogP contribution in [0.4, 0.5) is 0 Å². The molecule has 0 saturated carbocycles. The average Bonchev–Trinajstić information content (AvgIpc) is 2.01. The Morgan fingerprint density at radius 3 is 2.54 bits per heavy atom. The molecule has 5 nitrogen and oxygen atoms in total. The molecule has 0 aliphatic carbocycles. The lowest BCUT2D eigenvalue weighted by Gasteiger charge is -2.08. The van der Waals surface area contributed by atoms with Gasteiger partial charge in [0.2, 0.25) is 0 Å². The van der Waals surface area contributed by atoms with Gasteiger partial charge in [-0.25, -0.2) is 9.00 Å². The van der Waals surface area contributed by atoms with E-state index in [0.717, 1.165) is 6.08 Å². The van der Waals surface area contributed by atoms with E-state index < -0.39 is 16.5 Å². The predicted molar refractivity (Wildman–Crippen MR) is 50.1 cm³/mol. The molecule has 0 aliphatic heterocycles. The largest absolute Gasteiger partial charge is 0.463 e. The second kappa shape index (κ2) is 5.85. The first kappa shape index (κ1) is 12.3. The van der Waals surface area contributed by atoms with Gasteiger partial charge in [-0.1, -0.05) is 6.58 Å². The molecule has 0 amide bonds. The highest BCUT2D eigenvalue weighted by atomic mass is 32.3. The summed E-state index contributed by atoms with van der Waals surface area (Å²) in [6.07, 6.45) is 1.84. The summed E-state index contributed by atoms with van der Waals surface area (Å²) >= 11 is 0. The number of hydrogen-bond acceptors (Lipinski definition) is 3. The molecule has 0 aromatic rings. The first-order valence-electron chi connectivity index (χ1n) is 3.79. The number of unbranched alkanes of at least 4 members (excludes halogenated alkanes) is 1. The van der Waals surface area contributed by atoms with Crippen LogP contribution < -0.4 is 0 Å². The van der Waals surface area contributed by atoms with Crippen LogP contribution in [0, 0.1) is 0 Å². The first-order chi connectivity index (χ1) is 5.95. The number of hydrogen-bond donors (Lipinski definition) is 3. The fraction of sp³-hybridized carbons (Fsp3) is 0.571. The summed E-state index contributed by atoms with van der Waals surface area (Å²) in [6.45, 7) is 3.37. The summed E-state index contributed by atoms with van der Waals surface area (Å²) in [7, 11) is -3.90. The van der Waals surface area contributed by atoms with Crippen LogP contribution in [0.25, 0.3) is 0 Å². The zero-order valence-corrected chi connectivity index (χ0v) is 8.07. The van der Waals surface area contributed by atoms with Crippen molar-refractivity contribution in [1.82, 2.24) is 0 Å². The van der Waals surface area contributed by atoms with Crippen molar-refractivity contribution in [3.63, 3.8) is 0 Å². The molecule has 0 aromatic heterocycles. The Kier molecular flexibility index (Phi) is 5.52. The fourth-order valence-electron chi connectivity index (χ4n) is 0.652. The highest BCUT2D eigenvalue weighted by Crippen LogP contribution is 1.99. The van der Waals surface area contributed by atoms with Crippen LogP contribution in [0.2, 0.25) is 0 Å². The molecule has 0 atom stereocenters. The first-order valence-corrected chi connectivity index (χ1v) is 5.59. The van der Waals surface area contributed by atoms with Gasteiger partial charge in [0.1, 0.15) is 0 Å². The molecule has 6 heteroatoms. The Labute approximate surface area is 77.9 Å². The van der Waals surface area contributed by atoms with E-state index in [9.17, 15) is 9.00 Å². The molecule has 0 aliphatic rings. The van der Waals surface area contributed by atoms with Gasteiger partial charge in [0.05, 0.1) is 17.1 Å². The second-order valence-electron chi connectivity index (χ2n) is 2.47. The third-order valence-corrected chi connectivity index (χ3v) is 2.15. The SMILES string of the molecule is C=CC(=O)OCCCC[SH](=O)(O)O. The van der Waals surface area contributed by atoms with Crippen molar-refractivity contribution in [2.75, 3.05) is 12.4 Å². The van der Waals surface area contributed by atoms with E-state index in [4.69, 9.17) is 9.11 Å². The minimum absolute atomic E-state index is 0.168. The van der Waals surface area contributed by atoms with Crippen LogP contribution in [0.5, 0.6) is 0 Å². The molecule has 13 heavy (non-hydrogen) atoms. The van der Waals surface area contributed by atoms with E-state index in [-0.39, 0.29) is 12.4 Å². The smallest absolute Gasteiger partial charge is 0.330 e. The Morgan fingerprint density at radius 1 is 1.46 bits per heavy atom. The predicted octanol–water partition coefficient (Wildman–Crippen LogP) is 0.458. The lowest BCUT2D eigenvalue weighted by molar-refractivity contribution is -0.137. The van der Waals surface area contributed by atoms with E-state index in [1.54, 1.807) is 0 Å².